The van der Waals surface area contributed by atoms with Gasteiger partial charge in [-0.2, -0.15) is 0 Å². The van der Waals surface area contributed by atoms with E-state index in [9.17, 15) is 0 Å². The zero-order valence-corrected chi connectivity index (χ0v) is 6.97. The molecular formula is C8H10ClNO. The lowest BCUT2D eigenvalue weighted by atomic mass is 10.3. The Morgan fingerprint density at radius 1 is 1.64 bits per heavy atom. The van der Waals surface area contributed by atoms with Crippen LogP contribution in [0.2, 0.25) is 0 Å². The molecule has 0 bridgehead atoms. The van der Waals surface area contributed by atoms with E-state index in [1.807, 2.05) is 6.20 Å². The monoisotopic (exact) mass is 171 g/mol. The highest BCUT2D eigenvalue weighted by molar-refractivity contribution is 6.17. The molecule has 1 aromatic heterocycles. The van der Waals surface area contributed by atoms with Gasteiger partial charge in [-0.25, -0.2) is 4.98 Å². The summed E-state index contributed by atoms with van der Waals surface area (Å²) in [5.74, 6) is 3.07. The van der Waals surface area contributed by atoms with Crippen LogP contribution in [-0.4, -0.2) is 10.9 Å². The molecule has 0 atom stereocenters. The standard InChI is InChI=1S/C8H10ClNO/c9-4-3-8-10-5-7(11-8)6-1-2-6/h5-6H,1-4H2. The molecule has 0 unspecified atom stereocenters. The highest BCUT2D eigenvalue weighted by Crippen LogP contribution is 2.40. The molecule has 1 aromatic rings. The predicted octanol–water partition coefficient (Wildman–Crippen LogP) is 2.33. The van der Waals surface area contributed by atoms with Crippen LogP contribution >= 0.6 is 11.6 Å². The number of oxazole rings is 1. The maximum Gasteiger partial charge on any atom is 0.195 e. The third-order valence-electron chi connectivity index (χ3n) is 1.86. The summed E-state index contributed by atoms with van der Waals surface area (Å²) in [5.41, 5.74) is 0. The molecule has 3 heteroatoms. The van der Waals surface area contributed by atoms with Crippen molar-refractivity contribution in [1.82, 2.24) is 4.98 Å². The van der Waals surface area contributed by atoms with Crippen molar-refractivity contribution in [2.45, 2.75) is 25.2 Å². The Bertz CT molecular complexity index is 242. The number of hydrogen-bond donors (Lipinski definition) is 0. The van der Waals surface area contributed by atoms with Crippen molar-refractivity contribution in [1.29, 1.82) is 0 Å². The lowest BCUT2D eigenvalue weighted by molar-refractivity contribution is 0.462. The van der Waals surface area contributed by atoms with Crippen molar-refractivity contribution in [3.05, 3.63) is 17.8 Å². The molecule has 0 saturated heterocycles. The number of aromatic nitrogens is 1. The normalized spacial score (nSPS) is 17.2. The van der Waals surface area contributed by atoms with Crippen LogP contribution in [-0.2, 0) is 6.42 Å². The lowest BCUT2D eigenvalue weighted by Crippen LogP contribution is -1.83. The molecular weight excluding hydrogens is 162 g/mol. The van der Waals surface area contributed by atoms with Gasteiger partial charge in [0.2, 0.25) is 0 Å². The molecule has 1 aliphatic rings. The Kier molecular flexibility index (Phi) is 1.86. The van der Waals surface area contributed by atoms with E-state index in [1.165, 1.54) is 12.8 Å². The number of rotatable bonds is 3. The van der Waals surface area contributed by atoms with Gasteiger partial charge in [0.25, 0.3) is 0 Å². The fourth-order valence-electron chi connectivity index (χ4n) is 1.08. The Labute approximate surface area is 70.6 Å². The third kappa shape index (κ3) is 1.56. The molecule has 2 rings (SSSR count). The minimum atomic E-state index is 0.588. The van der Waals surface area contributed by atoms with Gasteiger partial charge >= 0.3 is 0 Å². The minimum Gasteiger partial charge on any atom is -0.445 e. The molecule has 60 valence electrons. The fourth-order valence-corrected chi connectivity index (χ4v) is 1.24. The van der Waals surface area contributed by atoms with Crippen LogP contribution in [0.5, 0.6) is 0 Å². The highest BCUT2D eigenvalue weighted by Gasteiger charge is 2.27. The Hall–Kier alpha value is -0.500. The van der Waals surface area contributed by atoms with Gasteiger partial charge in [0, 0.05) is 18.2 Å². The highest BCUT2D eigenvalue weighted by atomic mass is 35.5. The summed E-state index contributed by atoms with van der Waals surface area (Å²) in [4.78, 5) is 4.12. The smallest absolute Gasteiger partial charge is 0.195 e. The van der Waals surface area contributed by atoms with Crippen LogP contribution in [0.15, 0.2) is 10.6 Å². The minimum absolute atomic E-state index is 0.588. The van der Waals surface area contributed by atoms with Gasteiger partial charge in [-0.05, 0) is 12.8 Å². The first kappa shape index (κ1) is 7.17. The number of aryl methyl sites for hydroxylation is 1. The van der Waals surface area contributed by atoms with Crippen LogP contribution in [0.3, 0.4) is 0 Å². The summed E-state index contributed by atoms with van der Waals surface area (Å²) in [6, 6.07) is 0. The molecule has 0 N–H and O–H groups in total. The molecule has 1 aliphatic carbocycles. The first-order valence-corrected chi connectivity index (χ1v) is 4.44. The molecule has 1 heterocycles. The van der Waals surface area contributed by atoms with Crippen LogP contribution in [0.1, 0.15) is 30.4 Å². The quantitative estimate of drug-likeness (QED) is 0.653. The van der Waals surface area contributed by atoms with E-state index in [4.69, 9.17) is 16.0 Å². The average Bonchev–Trinajstić information content (AvgIpc) is 2.75. The molecule has 0 aliphatic heterocycles. The first-order chi connectivity index (χ1) is 5.40. The summed E-state index contributed by atoms with van der Waals surface area (Å²) in [5, 5.41) is 0. The number of nitrogens with zero attached hydrogens (tertiary/aromatic N) is 1. The zero-order chi connectivity index (χ0) is 7.68. The zero-order valence-electron chi connectivity index (χ0n) is 6.22. The van der Waals surface area contributed by atoms with Crippen molar-refractivity contribution < 1.29 is 4.42 Å². The van der Waals surface area contributed by atoms with Crippen molar-refractivity contribution in [2.24, 2.45) is 0 Å². The van der Waals surface area contributed by atoms with E-state index in [1.54, 1.807) is 0 Å². The van der Waals surface area contributed by atoms with Crippen LogP contribution in [0.25, 0.3) is 0 Å². The van der Waals surface area contributed by atoms with Crippen molar-refractivity contribution in [2.75, 3.05) is 5.88 Å². The van der Waals surface area contributed by atoms with E-state index < -0.39 is 0 Å². The van der Waals surface area contributed by atoms with E-state index in [0.717, 1.165) is 18.1 Å². The molecule has 0 aromatic carbocycles. The number of alkyl halides is 1. The van der Waals surface area contributed by atoms with Crippen LogP contribution in [0, 0.1) is 0 Å². The van der Waals surface area contributed by atoms with Crippen molar-refractivity contribution in [3.8, 4) is 0 Å². The van der Waals surface area contributed by atoms with E-state index >= 15 is 0 Å². The van der Waals surface area contributed by atoms with Gasteiger partial charge in [-0.3, -0.25) is 0 Å². The maximum absolute atomic E-state index is 5.54. The van der Waals surface area contributed by atoms with Gasteiger partial charge in [0.15, 0.2) is 5.89 Å². The fraction of sp³-hybridized carbons (Fsp3) is 0.625. The Morgan fingerprint density at radius 2 is 2.45 bits per heavy atom. The Balaban J connectivity index is 2.06. The maximum atomic E-state index is 5.54. The second-order valence-electron chi connectivity index (χ2n) is 2.87. The van der Waals surface area contributed by atoms with Gasteiger partial charge in [0.05, 0.1) is 6.20 Å². The first-order valence-electron chi connectivity index (χ1n) is 3.90. The third-order valence-corrected chi connectivity index (χ3v) is 2.05. The van der Waals surface area contributed by atoms with E-state index in [-0.39, 0.29) is 0 Å². The molecule has 1 saturated carbocycles. The second kappa shape index (κ2) is 2.86. The lowest BCUT2D eigenvalue weighted by Gasteiger charge is -1.88. The SMILES string of the molecule is ClCCc1ncc(C2CC2)o1. The Morgan fingerprint density at radius 3 is 3.09 bits per heavy atom. The van der Waals surface area contributed by atoms with Crippen molar-refractivity contribution >= 4 is 11.6 Å². The van der Waals surface area contributed by atoms with Crippen LogP contribution < -0.4 is 0 Å². The summed E-state index contributed by atoms with van der Waals surface area (Å²) >= 11 is 5.54. The largest absolute Gasteiger partial charge is 0.445 e. The summed E-state index contributed by atoms with van der Waals surface area (Å²) in [6.45, 7) is 0. The average molecular weight is 172 g/mol. The molecule has 2 nitrogen and oxygen atoms in total. The molecule has 1 fully saturated rings. The van der Waals surface area contributed by atoms with Gasteiger partial charge in [-0.15, -0.1) is 11.6 Å². The molecule has 0 amide bonds. The van der Waals surface area contributed by atoms with Crippen molar-refractivity contribution in [3.63, 3.8) is 0 Å². The van der Waals surface area contributed by atoms with Gasteiger partial charge in [-0.1, -0.05) is 0 Å². The predicted molar refractivity (Wildman–Crippen MR) is 42.9 cm³/mol. The summed E-state index contributed by atoms with van der Waals surface area (Å²) in [6.07, 6.45) is 5.10. The van der Waals surface area contributed by atoms with Gasteiger partial charge < -0.3 is 4.42 Å². The molecule has 0 spiro atoms. The summed E-state index contributed by atoms with van der Waals surface area (Å²) in [7, 11) is 0. The number of hydrogen-bond acceptors (Lipinski definition) is 2. The second-order valence-corrected chi connectivity index (χ2v) is 3.25. The van der Waals surface area contributed by atoms with Crippen LogP contribution in [0.4, 0.5) is 0 Å². The van der Waals surface area contributed by atoms with E-state index in [2.05, 4.69) is 4.98 Å². The topological polar surface area (TPSA) is 26.0 Å². The van der Waals surface area contributed by atoms with E-state index in [0.29, 0.717) is 11.8 Å². The molecule has 0 radical (unpaired) electrons. The molecule has 11 heavy (non-hydrogen) atoms. The van der Waals surface area contributed by atoms with Gasteiger partial charge in [0.1, 0.15) is 5.76 Å². The summed E-state index contributed by atoms with van der Waals surface area (Å²) < 4.78 is 5.45. The number of halogens is 1.